The maximum absolute atomic E-state index is 6.07. The van der Waals surface area contributed by atoms with E-state index < -0.39 is 8.32 Å². The summed E-state index contributed by atoms with van der Waals surface area (Å²) in [5.74, 6) is 0.540. The Labute approximate surface area is 130 Å². The molecule has 1 heterocycles. The van der Waals surface area contributed by atoms with E-state index in [1.165, 1.54) is 0 Å². The first-order chi connectivity index (χ1) is 9.81. The first-order valence-electron chi connectivity index (χ1n) is 8.52. The normalized spacial score (nSPS) is 35.7. The summed E-state index contributed by atoms with van der Waals surface area (Å²) < 4.78 is 6.07. The van der Waals surface area contributed by atoms with E-state index >= 15 is 0 Å². The van der Waals surface area contributed by atoms with Gasteiger partial charge in [0.15, 0.2) is 0 Å². The lowest BCUT2D eigenvalue weighted by Gasteiger charge is -2.51. The molecule has 1 aliphatic carbocycles. The summed E-state index contributed by atoms with van der Waals surface area (Å²) in [6.07, 6.45) is 3.04. The molecule has 2 aliphatic rings. The summed E-state index contributed by atoms with van der Waals surface area (Å²) in [7, 11) is -1.74. The molecule has 1 saturated carbocycles. The molecule has 0 aromatic heterocycles. The first kappa shape index (κ1) is 17.4. The third-order valence-corrected chi connectivity index (χ3v) is 10.2. The van der Waals surface area contributed by atoms with Crippen LogP contribution in [0.1, 0.15) is 60.8 Å². The van der Waals surface area contributed by atoms with E-state index in [1.54, 1.807) is 0 Å². The van der Waals surface area contributed by atoms with Gasteiger partial charge in [-0.3, -0.25) is 4.58 Å². The molecule has 0 amide bonds. The van der Waals surface area contributed by atoms with E-state index in [0.29, 0.717) is 5.92 Å². The van der Waals surface area contributed by atoms with Crippen LogP contribution in [0.3, 0.4) is 0 Å². The van der Waals surface area contributed by atoms with E-state index in [1.807, 2.05) is 0 Å². The van der Waals surface area contributed by atoms with Crippen LogP contribution in [0.15, 0.2) is 0 Å². The minimum Gasteiger partial charge on any atom is -0.286 e. The zero-order chi connectivity index (χ0) is 15.7. The van der Waals surface area contributed by atoms with Crippen molar-refractivity contribution in [1.82, 2.24) is 0 Å². The molecule has 0 spiro atoms. The van der Waals surface area contributed by atoms with Gasteiger partial charge >= 0.3 is 0 Å². The van der Waals surface area contributed by atoms with E-state index in [0.717, 1.165) is 37.4 Å². The molecule has 5 heteroatoms. The lowest BCUT2D eigenvalue weighted by atomic mass is 9.71. The number of hydrogen-bond donors (Lipinski definition) is 0. The third-order valence-electron chi connectivity index (χ3n) is 5.87. The molecular weight excluding hydrogens is 284 g/mol. The molecule has 2 fully saturated rings. The molecule has 3 unspecified atom stereocenters. The van der Waals surface area contributed by atoms with Gasteiger partial charge in [-0.2, -0.15) is 0 Å². The monoisotopic (exact) mass is 316 g/mol. The maximum atomic E-state index is 6.07. The molecule has 0 aromatic rings. The second-order valence-corrected chi connectivity index (χ2v) is 12.1. The number of hydrogen-bond acceptors (Lipinski definition) is 4. The number of fused-ring (bicyclic) bond motifs is 2. The van der Waals surface area contributed by atoms with Gasteiger partial charge in [-0.05, 0) is 64.1 Å². The fourth-order valence-electron chi connectivity index (χ4n) is 3.48. The van der Waals surface area contributed by atoms with Crippen molar-refractivity contribution in [3.63, 3.8) is 0 Å². The Morgan fingerprint density at radius 3 is 2.29 bits per heavy atom. The Kier molecular flexibility index (Phi) is 5.21. The average Bonchev–Trinajstić information content (AvgIpc) is 2.48. The fraction of sp³-hybridized carbons (Fsp3) is 1.00. The summed E-state index contributed by atoms with van der Waals surface area (Å²) in [6, 6.07) is 3.27. The Morgan fingerprint density at radius 2 is 1.71 bits per heavy atom. The van der Waals surface area contributed by atoms with Gasteiger partial charge < -0.3 is 0 Å². The van der Waals surface area contributed by atoms with Gasteiger partial charge in [-0.15, -0.1) is 0 Å². The molecule has 21 heavy (non-hydrogen) atoms. The smallest absolute Gasteiger partial charge is 0.238 e. The SMILES string of the molecule is CC[Si](CC)(CC)OOC1(C)CCC2CC1OOC2(C)C. The largest absolute Gasteiger partial charge is 0.286 e. The van der Waals surface area contributed by atoms with Crippen LogP contribution in [0.2, 0.25) is 18.1 Å². The lowest BCUT2D eigenvalue weighted by molar-refractivity contribution is -0.465. The average molecular weight is 317 g/mol. The summed E-state index contributed by atoms with van der Waals surface area (Å²) in [6.45, 7) is 13.0. The van der Waals surface area contributed by atoms with E-state index in [-0.39, 0.29) is 17.3 Å². The van der Waals surface area contributed by atoms with Crippen molar-refractivity contribution in [3.05, 3.63) is 0 Å². The van der Waals surface area contributed by atoms with E-state index in [4.69, 9.17) is 19.2 Å². The molecule has 0 aromatic carbocycles. The lowest BCUT2D eigenvalue weighted by Crippen LogP contribution is -2.57. The molecule has 0 N–H and O–H groups in total. The number of rotatable bonds is 6. The minimum absolute atomic E-state index is 0.0263. The Bertz CT molecular complexity index is 348. The zero-order valence-corrected chi connectivity index (χ0v) is 15.5. The Hall–Kier alpha value is 0.0569. The maximum Gasteiger partial charge on any atom is 0.238 e. The van der Waals surface area contributed by atoms with Crippen LogP contribution in [-0.4, -0.2) is 25.6 Å². The zero-order valence-electron chi connectivity index (χ0n) is 14.5. The molecule has 3 atom stereocenters. The molecule has 124 valence electrons. The van der Waals surface area contributed by atoms with Crippen LogP contribution >= 0.6 is 0 Å². The highest BCUT2D eigenvalue weighted by atomic mass is 28.4. The molecule has 1 saturated heterocycles. The standard InChI is InChI=1S/C16H32O4Si/c1-7-21(8-2,9-3)20-19-16(6)11-10-13-12-14(16)17-18-15(13,4)5/h13-14H,7-12H2,1-6H3. The van der Waals surface area contributed by atoms with Gasteiger partial charge in [0.05, 0.1) is 0 Å². The van der Waals surface area contributed by atoms with Crippen molar-refractivity contribution in [2.75, 3.05) is 0 Å². The minimum atomic E-state index is -1.74. The van der Waals surface area contributed by atoms with Crippen LogP contribution in [-0.2, 0) is 19.2 Å². The highest BCUT2D eigenvalue weighted by Gasteiger charge is 2.52. The van der Waals surface area contributed by atoms with Crippen LogP contribution < -0.4 is 0 Å². The van der Waals surface area contributed by atoms with Gasteiger partial charge in [0.2, 0.25) is 8.32 Å². The molecule has 4 nitrogen and oxygen atoms in total. The molecule has 0 radical (unpaired) electrons. The fourth-order valence-corrected chi connectivity index (χ4v) is 5.70. The highest BCUT2D eigenvalue weighted by Crippen LogP contribution is 2.46. The summed E-state index contributed by atoms with van der Waals surface area (Å²) in [4.78, 5) is 17.3. The molecule has 1 aliphatic heterocycles. The van der Waals surface area contributed by atoms with E-state index in [2.05, 4.69) is 41.5 Å². The second-order valence-electron chi connectivity index (χ2n) is 7.47. The van der Waals surface area contributed by atoms with E-state index in [9.17, 15) is 0 Å². The summed E-state index contributed by atoms with van der Waals surface area (Å²) in [5, 5.41) is 0. The van der Waals surface area contributed by atoms with Crippen molar-refractivity contribution in [1.29, 1.82) is 0 Å². The van der Waals surface area contributed by atoms with Crippen molar-refractivity contribution >= 4 is 8.32 Å². The van der Waals surface area contributed by atoms with Crippen molar-refractivity contribution in [2.45, 2.75) is 96.2 Å². The Morgan fingerprint density at radius 1 is 1.10 bits per heavy atom. The molecular formula is C16H32O4Si. The third kappa shape index (κ3) is 3.37. The van der Waals surface area contributed by atoms with Crippen molar-refractivity contribution in [3.8, 4) is 0 Å². The Balaban J connectivity index is 2.01. The van der Waals surface area contributed by atoms with Gasteiger partial charge in [0, 0.05) is 0 Å². The van der Waals surface area contributed by atoms with Crippen LogP contribution in [0.5, 0.6) is 0 Å². The summed E-state index contributed by atoms with van der Waals surface area (Å²) in [5.41, 5.74) is -0.571. The second kappa shape index (κ2) is 6.28. The van der Waals surface area contributed by atoms with Crippen LogP contribution in [0.25, 0.3) is 0 Å². The predicted molar refractivity (Wildman–Crippen MR) is 85.2 cm³/mol. The van der Waals surface area contributed by atoms with Crippen LogP contribution in [0, 0.1) is 5.92 Å². The van der Waals surface area contributed by atoms with Gasteiger partial charge in [0.1, 0.15) is 17.3 Å². The van der Waals surface area contributed by atoms with Crippen molar-refractivity contribution in [2.24, 2.45) is 5.92 Å². The van der Waals surface area contributed by atoms with Gasteiger partial charge in [0.25, 0.3) is 0 Å². The molecule has 2 bridgehead atoms. The van der Waals surface area contributed by atoms with Crippen LogP contribution in [0.4, 0.5) is 0 Å². The predicted octanol–water partition coefficient (Wildman–Crippen LogP) is 4.61. The first-order valence-corrected chi connectivity index (χ1v) is 11.0. The quantitative estimate of drug-likeness (QED) is 0.407. The molecule has 2 rings (SSSR count). The van der Waals surface area contributed by atoms with Gasteiger partial charge in [-0.1, -0.05) is 20.8 Å². The summed E-state index contributed by atoms with van der Waals surface area (Å²) >= 11 is 0. The van der Waals surface area contributed by atoms with Crippen molar-refractivity contribution < 1.29 is 19.2 Å². The highest BCUT2D eigenvalue weighted by molar-refractivity contribution is 6.73. The van der Waals surface area contributed by atoms with Gasteiger partial charge in [-0.25, -0.2) is 14.7 Å². The topological polar surface area (TPSA) is 36.9 Å².